The molecule has 34 heavy (non-hydrogen) atoms. The second kappa shape index (κ2) is 20.2. The Kier molecular flexibility index (Phi) is 24.6. The number of aliphatic hydroxyl groups excluding tert-OH is 1. The van der Waals surface area contributed by atoms with Crippen LogP contribution >= 0.6 is 0 Å². The molecule has 0 atom stereocenters. The number of hydrogen-bond acceptors (Lipinski definition) is 8. The molecule has 0 saturated heterocycles. The van der Waals surface area contributed by atoms with Crippen LogP contribution in [0.2, 0.25) is 0 Å². The van der Waals surface area contributed by atoms with Crippen molar-refractivity contribution in [2.24, 2.45) is 0 Å². The van der Waals surface area contributed by atoms with E-state index in [4.69, 9.17) is 5.11 Å². The molecule has 0 saturated carbocycles. The maximum atomic E-state index is 10.8. The van der Waals surface area contributed by atoms with E-state index < -0.39 is 20.2 Å². The van der Waals surface area contributed by atoms with Gasteiger partial charge in [0.15, 0.2) is 0 Å². The van der Waals surface area contributed by atoms with Crippen molar-refractivity contribution in [2.45, 2.75) is 50.3 Å². The quantitative estimate of drug-likeness (QED) is 0.225. The van der Waals surface area contributed by atoms with Crippen molar-refractivity contribution < 1.29 is 95.2 Å². The number of quaternary nitrogens is 1. The average Bonchev–Trinajstić information content (AvgIpc) is 2.63. The summed E-state index contributed by atoms with van der Waals surface area (Å²) in [5, 5.41) is 17.2. The molecule has 0 aliphatic heterocycles. The van der Waals surface area contributed by atoms with Crippen molar-refractivity contribution in [1.29, 1.82) is 0 Å². The van der Waals surface area contributed by atoms with Gasteiger partial charge < -0.3 is 24.5 Å². The number of aryl methyl sites for hydroxylation is 1. The van der Waals surface area contributed by atoms with Gasteiger partial charge in [0.25, 0.3) is 0 Å². The third-order valence-corrected chi connectivity index (χ3v) is 5.53. The smallest absolute Gasteiger partial charge is 0.744 e. The van der Waals surface area contributed by atoms with Crippen LogP contribution in [-0.4, -0.2) is 51.7 Å². The standard InChI is InChI=1S/C9H12O3S.C8H10O3S.C2H7NO.C2H6O.2Na/c1-7(2)8-5-3-4-6-9(8)13(10,11)12;1-6-4-3-5-8(7(6)2)12(9,10)11;1-3(2)4;1-2-3;;/h3-7H,1-2H3,(H,10,11,12);3-5H,1-2H3,(H,9,10,11);3H,1-2H3;3H,2H2,1H3;;/q;;;;2*+1/p-2. The van der Waals surface area contributed by atoms with Gasteiger partial charge in [-0.15, -0.1) is 0 Å². The fourth-order valence-electron chi connectivity index (χ4n) is 2.18. The number of benzene rings is 2. The van der Waals surface area contributed by atoms with Gasteiger partial charge in [-0.25, -0.2) is 16.8 Å². The molecule has 184 valence electrons. The topological polar surface area (TPSA) is 162 Å². The van der Waals surface area contributed by atoms with Gasteiger partial charge in [-0.2, -0.15) is 0 Å². The summed E-state index contributed by atoms with van der Waals surface area (Å²) in [5.74, 6) is 0.0416. The van der Waals surface area contributed by atoms with Crippen molar-refractivity contribution in [2.75, 3.05) is 20.7 Å². The Labute approximate surface area is 248 Å². The maximum Gasteiger partial charge on any atom is 1.00 e. The maximum absolute atomic E-state index is 10.8. The second-order valence-corrected chi connectivity index (χ2v) is 9.72. The third-order valence-electron chi connectivity index (χ3n) is 3.63. The van der Waals surface area contributed by atoms with Gasteiger partial charge in [-0.3, -0.25) is 0 Å². The van der Waals surface area contributed by atoms with Crippen LogP contribution < -0.4 is 64.2 Å². The molecule has 2 rings (SSSR count). The summed E-state index contributed by atoms with van der Waals surface area (Å²) >= 11 is 0. The molecule has 13 heteroatoms. The largest absolute Gasteiger partial charge is 1.00 e. The van der Waals surface area contributed by atoms with Crippen LogP contribution in [0.4, 0.5) is 0 Å². The van der Waals surface area contributed by atoms with Gasteiger partial charge in [-0.1, -0.05) is 44.2 Å². The van der Waals surface area contributed by atoms with E-state index in [0.717, 1.165) is 5.56 Å². The normalized spacial score (nSPS) is 10.3. The van der Waals surface area contributed by atoms with E-state index in [9.17, 15) is 31.1 Å². The van der Waals surface area contributed by atoms with Gasteiger partial charge in [0.05, 0.1) is 23.9 Å². The Morgan fingerprint density at radius 1 is 0.853 bits per heavy atom. The molecule has 9 nitrogen and oxygen atoms in total. The molecule has 2 aromatic carbocycles. The van der Waals surface area contributed by atoms with Gasteiger partial charge in [-0.05, 0) is 55.5 Å². The predicted molar refractivity (Wildman–Crippen MR) is 121 cm³/mol. The molecule has 0 fully saturated rings. The zero-order chi connectivity index (χ0) is 25.7. The summed E-state index contributed by atoms with van der Waals surface area (Å²) in [5.41, 5.74) is 1.93. The van der Waals surface area contributed by atoms with Gasteiger partial charge >= 0.3 is 59.1 Å². The molecule has 0 unspecified atom stereocenters. The van der Waals surface area contributed by atoms with Crippen molar-refractivity contribution in [3.63, 3.8) is 0 Å². The van der Waals surface area contributed by atoms with Gasteiger partial charge in [0.2, 0.25) is 0 Å². The molecular formula is C21H33NNa2O8S2. The number of hydrogen-bond donors (Lipinski definition) is 2. The molecule has 0 spiro atoms. The molecule has 0 radical (unpaired) electrons. The molecule has 0 aliphatic carbocycles. The third kappa shape index (κ3) is 18.4. The number of nitrogens with one attached hydrogen (secondary N) is 1. The van der Waals surface area contributed by atoms with E-state index in [-0.39, 0.29) is 86.5 Å². The minimum absolute atomic E-state index is 0. The predicted octanol–water partition coefficient (Wildman–Crippen LogP) is -4.44. The Bertz CT molecular complexity index is 1030. The van der Waals surface area contributed by atoms with Crippen LogP contribution in [0.15, 0.2) is 52.3 Å². The Hall–Kier alpha value is 0.140. The van der Waals surface area contributed by atoms with E-state index in [1.165, 1.54) is 26.2 Å². The fraction of sp³-hybridized carbons (Fsp3) is 0.429. The monoisotopic (exact) mass is 537 g/mol. The van der Waals surface area contributed by atoms with Crippen LogP contribution in [0.5, 0.6) is 0 Å². The summed E-state index contributed by atoms with van der Waals surface area (Å²) in [6, 6.07) is 10.9. The van der Waals surface area contributed by atoms with E-state index >= 15 is 0 Å². The van der Waals surface area contributed by atoms with Crippen LogP contribution in [0.1, 0.15) is 43.4 Å². The van der Waals surface area contributed by atoms with Crippen molar-refractivity contribution in [3.8, 4) is 0 Å². The molecule has 0 heterocycles. The molecule has 0 aliphatic rings. The van der Waals surface area contributed by atoms with Crippen molar-refractivity contribution in [3.05, 3.63) is 64.4 Å². The Morgan fingerprint density at radius 3 is 1.50 bits per heavy atom. The zero-order valence-electron chi connectivity index (χ0n) is 21.4. The molecule has 0 amide bonds. The summed E-state index contributed by atoms with van der Waals surface area (Å²) in [6.07, 6.45) is 0. The Morgan fingerprint density at radius 2 is 1.21 bits per heavy atom. The minimum Gasteiger partial charge on any atom is -0.744 e. The summed E-state index contributed by atoms with van der Waals surface area (Å²) in [4.78, 5) is -0.229. The number of hydroxylamine groups is 2. The summed E-state index contributed by atoms with van der Waals surface area (Å²) < 4.78 is 64.4. The van der Waals surface area contributed by atoms with E-state index in [0.29, 0.717) is 11.1 Å². The first-order valence-electron chi connectivity index (χ1n) is 9.65. The second-order valence-electron chi connectivity index (χ2n) is 7.02. The molecule has 0 bridgehead atoms. The van der Waals surface area contributed by atoms with E-state index in [1.54, 1.807) is 51.1 Å². The number of rotatable bonds is 3. The van der Waals surface area contributed by atoms with Gasteiger partial charge in [0, 0.05) is 6.61 Å². The van der Waals surface area contributed by atoms with Gasteiger partial charge in [0.1, 0.15) is 20.2 Å². The number of aliphatic hydroxyl groups is 1. The Balaban J connectivity index is -0.000000199. The first kappa shape index (κ1) is 41.3. The van der Waals surface area contributed by atoms with Crippen LogP contribution in [0, 0.1) is 19.1 Å². The summed E-state index contributed by atoms with van der Waals surface area (Å²) in [7, 11) is -5.58. The van der Waals surface area contributed by atoms with E-state index in [2.05, 4.69) is 0 Å². The SMILES string of the molecule is CC(C)c1ccccc1S(=O)(=O)[O-].CCO.C[NH+](C)[O-].Cc1cccc(S(=O)(=O)[O-])c1C.[Na+].[Na+]. The summed E-state index contributed by atoms with van der Waals surface area (Å²) in [6.45, 7) is 9.03. The average molecular weight is 538 g/mol. The first-order chi connectivity index (χ1) is 14.5. The fourth-order valence-corrected chi connectivity index (χ4v) is 3.80. The molecular weight excluding hydrogens is 504 g/mol. The first-order valence-corrected chi connectivity index (χ1v) is 12.5. The molecule has 0 aromatic heterocycles. The van der Waals surface area contributed by atoms with Crippen LogP contribution in [0.25, 0.3) is 0 Å². The zero-order valence-corrected chi connectivity index (χ0v) is 27.1. The van der Waals surface area contributed by atoms with E-state index in [1.807, 2.05) is 13.8 Å². The van der Waals surface area contributed by atoms with Crippen LogP contribution in [-0.2, 0) is 20.2 Å². The molecule has 2 N–H and O–H groups in total. The minimum atomic E-state index is -4.33. The van der Waals surface area contributed by atoms with Crippen molar-refractivity contribution in [1.82, 2.24) is 0 Å². The van der Waals surface area contributed by atoms with Crippen molar-refractivity contribution >= 4 is 20.2 Å². The molecule has 2 aromatic rings. The van der Waals surface area contributed by atoms with Crippen LogP contribution in [0.3, 0.4) is 0 Å².